The van der Waals surface area contributed by atoms with Crippen LogP contribution in [0.5, 0.6) is 17.2 Å². The maximum atomic E-state index is 8.93. The van der Waals surface area contributed by atoms with Crippen molar-refractivity contribution < 1.29 is 19.3 Å². The van der Waals surface area contributed by atoms with Gasteiger partial charge in [-0.15, -0.1) is 0 Å². The van der Waals surface area contributed by atoms with Gasteiger partial charge in [0.15, 0.2) is 11.5 Å². The lowest BCUT2D eigenvalue weighted by atomic mass is 10.0. The minimum Gasteiger partial charge on any atom is -0.493 e. The van der Waals surface area contributed by atoms with Gasteiger partial charge in [0.05, 0.1) is 21.3 Å². The van der Waals surface area contributed by atoms with E-state index in [-0.39, 0.29) is 6.61 Å². The Labute approximate surface area is 118 Å². The summed E-state index contributed by atoms with van der Waals surface area (Å²) in [6.07, 6.45) is 1.59. The fourth-order valence-electron chi connectivity index (χ4n) is 2.35. The Bertz CT molecular complexity index is 593. The second-order valence-electron chi connectivity index (χ2n) is 4.53. The van der Waals surface area contributed by atoms with E-state index in [4.69, 9.17) is 19.3 Å². The van der Waals surface area contributed by atoms with Crippen LogP contribution in [0.25, 0.3) is 10.8 Å². The van der Waals surface area contributed by atoms with Crippen LogP contribution in [-0.2, 0) is 6.42 Å². The molecule has 0 radical (unpaired) electrons. The number of hydrogen-bond acceptors (Lipinski definition) is 4. The summed E-state index contributed by atoms with van der Waals surface area (Å²) in [5.41, 5.74) is 1.16. The number of aliphatic hydroxyl groups excluding tert-OH is 1. The van der Waals surface area contributed by atoms with Crippen molar-refractivity contribution in [2.24, 2.45) is 0 Å². The fraction of sp³-hybridized carbons (Fsp3) is 0.375. The van der Waals surface area contributed by atoms with Crippen molar-refractivity contribution in [3.05, 3.63) is 29.8 Å². The van der Waals surface area contributed by atoms with Crippen LogP contribution in [0.1, 0.15) is 12.0 Å². The van der Waals surface area contributed by atoms with Gasteiger partial charge in [-0.1, -0.05) is 12.1 Å². The number of ether oxygens (including phenoxy) is 3. The van der Waals surface area contributed by atoms with Crippen LogP contribution in [-0.4, -0.2) is 33.0 Å². The average molecular weight is 276 g/mol. The molecule has 0 aliphatic carbocycles. The third-order valence-corrected chi connectivity index (χ3v) is 3.33. The highest BCUT2D eigenvalue weighted by Gasteiger charge is 2.15. The van der Waals surface area contributed by atoms with E-state index in [9.17, 15) is 0 Å². The first-order chi connectivity index (χ1) is 9.74. The van der Waals surface area contributed by atoms with Crippen molar-refractivity contribution in [2.75, 3.05) is 27.9 Å². The summed E-state index contributed by atoms with van der Waals surface area (Å²) in [7, 11) is 4.83. The van der Waals surface area contributed by atoms with Crippen molar-refractivity contribution in [1.82, 2.24) is 0 Å². The molecule has 0 heterocycles. The monoisotopic (exact) mass is 276 g/mol. The Kier molecular flexibility index (Phi) is 4.69. The maximum Gasteiger partial charge on any atom is 0.203 e. The number of hydrogen-bond donors (Lipinski definition) is 1. The summed E-state index contributed by atoms with van der Waals surface area (Å²) in [6.45, 7) is 0.196. The Hall–Kier alpha value is -1.94. The number of aliphatic hydroxyl groups is 1. The molecule has 0 aliphatic heterocycles. The lowest BCUT2D eigenvalue weighted by Crippen LogP contribution is -1.97. The van der Waals surface area contributed by atoms with Crippen LogP contribution in [0.3, 0.4) is 0 Å². The quantitative estimate of drug-likeness (QED) is 0.881. The molecule has 0 bridgehead atoms. The van der Waals surface area contributed by atoms with Gasteiger partial charge in [0.25, 0.3) is 0 Å². The van der Waals surface area contributed by atoms with Gasteiger partial charge in [-0.25, -0.2) is 0 Å². The first kappa shape index (κ1) is 14.5. The summed E-state index contributed by atoms with van der Waals surface area (Å²) < 4.78 is 16.2. The molecule has 0 amide bonds. The third kappa shape index (κ3) is 2.65. The molecule has 0 spiro atoms. The Morgan fingerprint density at radius 1 is 0.950 bits per heavy atom. The van der Waals surface area contributed by atoms with Crippen LogP contribution in [0.4, 0.5) is 0 Å². The molecule has 4 heteroatoms. The molecule has 0 aliphatic rings. The summed E-state index contributed by atoms with van der Waals surface area (Å²) >= 11 is 0. The predicted molar refractivity (Wildman–Crippen MR) is 79.0 cm³/mol. The van der Waals surface area contributed by atoms with Gasteiger partial charge in [0.2, 0.25) is 5.75 Å². The van der Waals surface area contributed by atoms with Gasteiger partial charge < -0.3 is 19.3 Å². The molecule has 2 aromatic carbocycles. The number of aryl methyl sites for hydroxylation is 1. The van der Waals surface area contributed by atoms with Gasteiger partial charge in [-0.3, -0.25) is 0 Å². The van der Waals surface area contributed by atoms with E-state index in [1.54, 1.807) is 21.3 Å². The van der Waals surface area contributed by atoms with E-state index >= 15 is 0 Å². The van der Waals surface area contributed by atoms with E-state index in [0.29, 0.717) is 17.2 Å². The SMILES string of the molecule is COc1cc2ccc(CCCO)cc2c(OC)c1OC. The number of methoxy groups -OCH3 is 3. The molecular formula is C16H20O4. The highest BCUT2D eigenvalue weighted by Crippen LogP contribution is 2.43. The third-order valence-electron chi connectivity index (χ3n) is 3.33. The molecule has 0 fully saturated rings. The Morgan fingerprint density at radius 3 is 2.30 bits per heavy atom. The summed E-state index contributed by atoms with van der Waals surface area (Å²) in [5.74, 6) is 1.93. The molecule has 1 N–H and O–H groups in total. The first-order valence-electron chi connectivity index (χ1n) is 6.57. The summed E-state index contributed by atoms with van der Waals surface area (Å²) in [6, 6.07) is 8.11. The Balaban J connectivity index is 2.60. The van der Waals surface area contributed by atoms with Gasteiger partial charge >= 0.3 is 0 Å². The van der Waals surface area contributed by atoms with Gasteiger partial charge in [-0.2, -0.15) is 0 Å². The van der Waals surface area contributed by atoms with Crippen molar-refractivity contribution in [3.8, 4) is 17.2 Å². The van der Waals surface area contributed by atoms with Gasteiger partial charge in [-0.05, 0) is 35.9 Å². The molecule has 0 unspecified atom stereocenters. The van der Waals surface area contributed by atoms with Crippen LogP contribution >= 0.6 is 0 Å². The molecule has 2 rings (SSSR count). The molecular weight excluding hydrogens is 256 g/mol. The smallest absolute Gasteiger partial charge is 0.203 e. The molecule has 0 saturated carbocycles. The lowest BCUT2D eigenvalue weighted by Gasteiger charge is -2.15. The minimum atomic E-state index is 0.196. The summed E-state index contributed by atoms with van der Waals surface area (Å²) in [4.78, 5) is 0. The number of fused-ring (bicyclic) bond motifs is 1. The topological polar surface area (TPSA) is 47.9 Å². The molecule has 0 atom stereocenters. The van der Waals surface area contributed by atoms with Gasteiger partial charge in [0, 0.05) is 12.0 Å². The van der Waals surface area contributed by atoms with E-state index in [1.165, 1.54) is 0 Å². The highest BCUT2D eigenvalue weighted by molar-refractivity contribution is 5.93. The van der Waals surface area contributed by atoms with E-state index < -0.39 is 0 Å². The van der Waals surface area contributed by atoms with Gasteiger partial charge in [0.1, 0.15) is 0 Å². The molecule has 0 aromatic heterocycles. The van der Waals surface area contributed by atoms with Crippen molar-refractivity contribution in [3.63, 3.8) is 0 Å². The molecule has 4 nitrogen and oxygen atoms in total. The minimum absolute atomic E-state index is 0.196. The fourth-order valence-corrected chi connectivity index (χ4v) is 2.35. The highest BCUT2D eigenvalue weighted by atomic mass is 16.5. The van der Waals surface area contributed by atoms with Crippen molar-refractivity contribution in [2.45, 2.75) is 12.8 Å². The normalized spacial score (nSPS) is 10.6. The van der Waals surface area contributed by atoms with Crippen LogP contribution in [0, 0.1) is 0 Å². The molecule has 20 heavy (non-hydrogen) atoms. The first-order valence-corrected chi connectivity index (χ1v) is 6.57. The molecule has 0 saturated heterocycles. The van der Waals surface area contributed by atoms with Crippen LogP contribution in [0.15, 0.2) is 24.3 Å². The Morgan fingerprint density at radius 2 is 1.70 bits per heavy atom. The predicted octanol–water partition coefficient (Wildman–Crippen LogP) is 2.79. The number of rotatable bonds is 6. The average Bonchev–Trinajstić information content (AvgIpc) is 2.50. The second kappa shape index (κ2) is 6.48. The van der Waals surface area contributed by atoms with Crippen LogP contribution in [0.2, 0.25) is 0 Å². The lowest BCUT2D eigenvalue weighted by molar-refractivity contribution is 0.288. The zero-order valence-corrected chi connectivity index (χ0v) is 12.1. The van der Waals surface area contributed by atoms with Crippen molar-refractivity contribution >= 4 is 10.8 Å². The molecule has 2 aromatic rings. The maximum absolute atomic E-state index is 8.93. The molecule has 108 valence electrons. The zero-order chi connectivity index (χ0) is 14.5. The zero-order valence-electron chi connectivity index (χ0n) is 12.1. The summed E-state index contributed by atoms with van der Waals surface area (Å²) in [5, 5.41) is 11.0. The number of benzene rings is 2. The van der Waals surface area contributed by atoms with Crippen LogP contribution < -0.4 is 14.2 Å². The van der Waals surface area contributed by atoms with Crippen molar-refractivity contribution in [1.29, 1.82) is 0 Å². The largest absolute Gasteiger partial charge is 0.493 e. The van der Waals surface area contributed by atoms with E-state index in [0.717, 1.165) is 29.2 Å². The van der Waals surface area contributed by atoms with E-state index in [2.05, 4.69) is 12.1 Å². The standard InChI is InChI=1S/C16H20O4/c1-18-14-10-12-7-6-11(5-4-8-17)9-13(12)15(19-2)16(14)20-3/h6-7,9-10,17H,4-5,8H2,1-3H3. The second-order valence-corrected chi connectivity index (χ2v) is 4.53. The van der Waals surface area contributed by atoms with E-state index in [1.807, 2.05) is 12.1 Å².